The molecule has 2 atom stereocenters. The third-order valence-electron chi connectivity index (χ3n) is 3.02. The number of hydrogen-bond acceptors (Lipinski definition) is 3. The van der Waals surface area contributed by atoms with Gasteiger partial charge >= 0.3 is 5.97 Å². The smallest absolute Gasteiger partial charge is 0.306 e. The Labute approximate surface area is 107 Å². The van der Waals surface area contributed by atoms with E-state index in [2.05, 4.69) is 0 Å². The predicted octanol–water partition coefficient (Wildman–Crippen LogP) is 2.10. The zero-order valence-electron chi connectivity index (χ0n) is 10.8. The lowest BCUT2D eigenvalue weighted by Gasteiger charge is -2.15. The molecule has 1 aromatic rings. The number of rotatable bonds is 7. The van der Waals surface area contributed by atoms with Gasteiger partial charge in [0.1, 0.15) is 5.75 Å². The van der Waals surface area contributed by atoms with Crippen molar-refractivity contribution in [3.8, 4) is 5.75 Å². The number of aliphatic hydroxyl groups excluding tert-OH is 1. The van der Waals surface area contributed by atoms with Gasteiger partial charge in [-0.2, -0.15) is 0 Å². The van der Waals surface area contributed by atoms with Crippen molar-refractivity contribution in [2.24, 2.45) is 5.92 Å². The highest BCUT2D eigenvalue weighted by Gasteiger charge is 2.21. The van der Waals surface area contributed by atoms with Crippen LogP contribution in [0.2, 0.25) is 0 Å². The minimum Gasteiger partial charge on any atom is -0.497 e. The fourth-order valence-corrected chi connectivity index (χ4v) is 1.81. The molecule has 0 amide bonds. The van der Waals surface area contributed by atoms with Crippen LogP contribution in [0.4, 0.5) is 0 Å². The van der Waals surface area contributed by atoms with E-state index in [9.17, 15) is 9.90 Å². The van der Waals surface area contributed by atoms with Crippen molar-refractivity contribution in [3.05, 3.63) is 29.8 Å². The molecule has 0 fully saturated rings. The number of carbonyl (C=O) groups is 1. The molecule has 0 aromatic heterocycles. The number of benzene rings is 1. The van der Waals surface area contributed by atoms with Gasteiger partial charge in [0.25, 0.3) is 0 Å². The number of methoxy groups -OCH3 is 1. The zero-order chi connectivity index (χ0) is 13.5. The van der Waals surface area contributed by atoms with Crippen LogP contribution in [-0.2, 0) is 11.2 Å². The minimum absolute atomic E-state index is 0.290. The van der Waals surface area contributed by atoms with E-state index < -0.39 is 18.0 Å². The van der Waals surface area contributed by atoms with Crippen LogP contribution < -0.4 is 4.74 Å². The summed E-state index contributed by atoms with van der Waals surface area (Å²) in [5, 5.41) is 18.7. The first kappa shape index (κ1) is 14.5. The fraction of sp³-hybridized carbons (Fsp3) is 0.500. The van der Waals surface area contributed by atoms with Gasteiger partial charge in [0.05, 0.1) is 19.1 Å². The largest absolute Gasteiger partial charge is 0.497 e. The Hall–Kier alpha value is -1.55. The van der Waals surface area contributed by atoms with Crippen LogP contribution in [-0.4, -0.2) is 29.4 Å². The quantitative estimate of drug-likeness (QED) is 0.780. The maximum absolute atomic E-state index is 11.1. The van der Waals surface area contributed by atoms with Gasteiger partial charge < -0.3 is 14.9 Å². The Morgan fingerprint density at radius 1 is 1.33 bits per heavy atom. The van der Waals surface area contributed by atoms with Crippen molar-refractivity contribution in [2.45, 2.75) is 32.3 Å². The Morgan fingerprint density at radius 2 is 1.94 bits per heavy atom. The zero-order valence-corrected chi connectivity index (χ0v) is 10.8. The molecule has 1 aromatic carbocycles. The summed E-state index contributed by atoms with van der Waals surface area (Å²) in [4.78, 5) is 11.1. The number of carboxylic acids is 1. The van der Waals surface area contributed by atoms with Crippen molar-refractivity contribution >= 4 is 5.97 Å². The van der Waals surface area contributed by atoms with E-state index in [-0.39, 0.29) is 6.42 Å². The molecule has 100 valence electrons. The summed E-state index contributed by atoms with van der Waals surface area (Å²) in [5.74, 6) is -0.661. The van der Waals surface area contributed by atoms with E-state index in [0.29, 0.717) is 12.8 Å². The van der Waals surface area contributed by atoms with Gasteiger partial charge in [0.2, 0.25) is 0 Å². The first-order valence-corrected chi connectivity index (χ1v) is 6.10. The van der Waals surface area contributed by atoms with Crippen LogP contribution in [0.1, 0.15) is 25.3 Å². The van der Waals surface area contributed by atoms with Crippen molar-refractivity contribution in [1.82, 2.24) is 0 Å². The summed E-state index contributed by atoms with van der Waals surface area (Å²) in [5.41, 5.74) is 0.937. The molecule has 0 aliphatic carbocycles. The van der Waals surface area contributed by atoms with Gasteiger partial charge in [-0.1, -0.05) is 19.1 Å². The molecular formula is C14H20O4. The number of aliphatic hydroxyl groups is 1. The van der Waals surface area contributed by atoms with Crippen molar-refractivity contribution in [2.75, 3.05) is 7.11 Å². The second-order valence-electron chi connectivity index (χ2n) is 4.39. The van der Waals surface area contributed by atoms with Gasteiger partial charge in [-0.05, 0) is 37.0 Å². The van der Waals surface area contributed by atoms with Gasteiger partial charge in [0.15, 0.2) is 0 Å². The van der Waals surface area contributed by atoms with Crippen LogP contribution in [0.25, 0.3) is 0 Å². The molecule has 4 heteroatoms. The maximum atomic E-state index is 11.1. The van der Waals surface area contributed by atoms with Crippen LogP contribution in [0.3, 0.4) is 0 Å². The molecule has 2 N–H and O–H groups in total. The summed E-state index contributed by atoms with van der Waals surface area (Å²) in [6.45, 7) is 1.84. The summed E-state index contributed by atoms with van der Waals surface area (Å²) in [6.07, 6.45) is 0.741. The number of carboxylic acid groups (broad SMARTS) is 1. The van der Waals surface area contributed by atoms with Crippen LogP contribution in [0.15, 0.2) is 24.3 Å². The lowest BCUT2D eigenvalue weighted by molar-refractivity contribution is -0.142. The highest BCUT2D eigenvalue weighted by Crippen LogP contribution is 2.18. The van der Waals surface area contributed by atoms with E-state index in [1.54, 1.807) is 7.11 Å². The van der Waals surface area contributed by atoms with Crippen molar-refractivity contribution < 1.29 is 19.7 Å². The highest BCUT2D eigenvalue weighted by atomic mass is 16.5. The number of hydrogen-bond donors (Lipinski definition) is 2. The molecule has 0 saturated carbocycles. The summed E-state index contributed by atoms with van der Waals surface area (Å²) < 4.78 is 5.05. The molecule has 0 bridgehead atoms. The fourth-order valence-electron chi connectivity index (χ4n) is 1.81. The summed E-state index contributed by atoms with van der Waals surface area (Å²) in [6, 6.07) is 7.33. The van der Waals surface area contributed by atoms with Gasteiger partial charge in [-0.25, -0.2) is 0 Å². The summed E-state index contributed by atoms with van der Waals surface area (Å²) in [7, 11) is 1.59. The Bertz CT molecular complexity index is 372. The molecule has 18 heavy (non-hydrogen) atoms. The molecule has 0 radical (unpaired) electrons. The van der Waals surface area contributed by atoms with E-state index >= 15 is 0 Å². The Balaban J connectivity index is 2.67. The number of aliphatic carboxylic acids is 1. The molecule has 0 heterocycles. The van der Waals surface area contributed by atoms with Crippen LogP contribution >= 0.6 is 0 Å². The second kappa shape index (κ2) is 7.01. The Kier molecular flexibility index (Phi) is 5.65. The van der Waals surface area contributed by atoms with Crippen molar-refractivity contribution in [1.29, 1.82) is 0 Å². The summed E-state index contributed by atoms with van der Waals surface area (Å²) >= 11 is 0. The molecule has 0 saturated heterocycles. The normalized spacial score (nSPS) is 13.9. The average Bonchev–Trinajstić information content (AvgIpc) is 2.38. The third-order valence-corrected chi connectivity index (χ3v) is 3.02. The van der Waals surface area contributed by atoms with E-state index in [1.165, 1.54) is 0 Å². The monoisotopic (exact) mass is 252 g/mol. The van der Waals surface area contributed by atoms with Gasteiger partial charge in [-0.15, -0.1) is 0 Å². The molecule has 0 spiro atoms. The van der Waals surface area contributed by atoms with E-state index in [1.807, 2.05) is 31.2 Å². The molecule has 2 unspecified atom stereocenters. The number of ether oxygens (including phenoxy) is 1. The SMILES string of the molecule is CCC(O)CC(Cc1ccc(OC)cc1)C(=O)O. The molecule has 1 rings (SSSR count). The van der Waals surface area contributed by atoms with Crippen LogP contribution in [0.5, 0.6) is 5.75 Å². The minimum atomic E-state index is -0.863. The first-order valence-electron chi connectivity index (χ1n) is 6.10. The molecule has 0 aliphatic rings. The predicted molar refractivity (Wildman–Crippen MR) is 68.7 cm³/mol. The third kappa shape index (κ3) is 4.37. The van der Waals surface area contributed by atoms with Crippen LogP contribution in [0, 0.1) is 5.92 Å². The molecule has 0 aliphatic heterocycles. The van der Waals surface area contributed by atoms with E-state index in [0.717, 1.165) is 11.3 Å². The standard InChI is InChI=1S/C14H20O4/c1-3-12(15)9-11(14(16)17)8-10-4-6-13(18-2)7-5-10/h4-7,11-12,15H,3,8-9H2,1-2H3,(H,16,17). The molecule has 4 nitrogen and oxygen atoms in total. The molecular weight excluding hydrogens is 232 g/mol. The Morgan fingerprint density at radius 3 is 2.39 bits per heavy atom. The highest BCUT2D eigenvalue weighted by molar-refractivity contribution is 5.70. The average molecular weight is 252 g/mol. The topological polar surface area (TPSA) is 66.8 Å². The lowest BCUT2D eigenvalue weighted by Crippen LogP contribution is -2.22. The van der Waals surface area contributed by atoms with E-state index in [4.69, 9.17) is 9.84 Å². The first-order chi connectivity index (χ1) is 8.56. The van der Waals surface area contributed by atoms with Gasteiger partial charge in [0, 0.05) is 0 Å². The van der Waals surface area contributed by atoms with Crippen molar-refractivity contribution in [3.63, 3.8) is 0 Å². The lowest BCUT2D eigenvalue weighted by atomic mass is 9.93. The van der Waals surface area contributed by atoms with Gasteiger partial charge in [-0.3, -0.25) is 4.79 Å². The second-order valence-corrected chi connectivity index (χ2v) is 4.39. The maximum Gasteiger partial charge on any atom is 0.306 e.